The number of carbonyl (C=O) groups is 1. The summed E-state index contributed by atoms with van der Waals surface area (Å²) in [5.41, 5.74) is 2.94. The van der Waals surface area contributed by atoms with E-state index >= 15 is 0 Å². The van der Waals surface area contributed by atoms with Crippen LogP contribution in [0.5, 0.6) is 0 Å². The Balaban J connectivity index is 1.27. The number of nitrogens with zero attached hydrogens (tertiary/aromatic N) is 3. The smallest absolute Gasteiger partial charge is 0.271 e. The number of aromatic nitrogens is 2. The van der Waals surface area contributed by atoms with E-state index < -0.39 is 6.04 Å². The van der Waals surface area contributed by atoms with Crippen molar-refractivity contribution >= 4 is 63.3 Å². The zero-order chi connectivity index (χ0) is 30.2. The molecule has 0 spiro atoms. The summed E-state index contributed by atoms with van der Waals surface area (Å²) in [6.45, 7) is 1.79. The van der Waals surface area contributed by atoms with Crippen LogP contribution in [0.1, 0.15) is 24.3 Å². The summed E-state index contributed by atoms with van der Waals surface area (Å²) in [4.78, 5) is 38.4. The van der Waals surface area contributed by atoms with Crippen molar-refractivity contribution in [3.8, 4) is 0 Å². The number of para-hydroxylation sites is 2. The summed E-state index contributed by atoms with van der Waals surface area (Å²) < 4.78 is 8.14. The van der Waals surface area contributed by atoms with Crippen LogP contribution in [0.4, 0.5) is 5.69 Å². The molecule has 7 rings (SSSR count). The standard InChI is InChI=1S/C34H23ClN4O3S2/c1-20-29(32(40)38-24-9-3-2-4-10-24)31(22-12-14-23(35)15-13-22)39-33(41)27(44-34(39)37-20)19-25-16-17-28(42-25)43-26-11-5-7-21-8-6-18-36-30(21)26/h2-19,31H,1H3,(H,38,40)/b27-19-/t31-/m0/s1. The van der Waals surface area contributed by atoms with Gasteiger partial charge >= 0.3 is 0 Å². The van der Waals surface area contributed by atoms with Crippen molar-refractivity contribution in [1.82, 2.24) is 9.55 Å². The molecular formula is C34H23ClN4O3S2. The summed E-state index contributed by atoms with van der Waals surface area (Å²) in [6, 6.07) is 29.3. The molecule has 0 radical (unpaired) electrons. The highest BCUT2D eigenvalue weighted by Gasteiger charge is 2.32. The van der Waals surface area contributed by atoms with E-state index in [1.165, 1.54) is 23.1 Å². The largest absolute Gasteiger partial charge is 0.450 e. The highest BCUT2D eigenvalue weighted by Crippen LogP contribution is 2.34. The highest BCUT2D eigenvalue weighted by atomic mass is 35.5. The van der Waals surface area contributed by atoms with Gasteiger partial charge in [-0.1, -0.05) is 71.5 Å². The molecule has 1 aliphatic heterocycles. The molecule has 0 bridgehead atoms. The van der Waals surface area contributed by atoms with Gasteiger partial charge in [-0.3, -0.25) is 19.1 Å². The second-order valence-corrected chi connectivity index (χ2v) is 12.5. The van der Waals surface area contributed by atoms with Gasteiger partial charge in [0, 0.05) is 33.3 Å². The van der Waals surface area contributed by atoms with Crippen molar-refractivity contribution in [2.45, 2.75) is 23.0 Å². The minimum absolute atomic E-state index is 0.268. The van der Waals surface area contributed by atoms with E-state index in [9.17, 15) is 9.59 Å². The van der Waals surface area contributed by atoms with Crippen LogP contribution in [0, 0.1) is 0 Å². The Bertz CT molecular complexity index is 2250. The van der Waals surface area contributed by atoms with E-state index in [2.05, 4.69) is 10.3 Å². The van der Waals surface area contributed by atoms with E-state index in [0.717, 1.165) is 21.4 Å². The van der Waals surface area contributed by atoms with Gasteiger partial charge in [0.25, 0.3) is 11.5 Å². The van der Waals surface area contributed by atoms with Gasteiger partial charge < -0.3 is 9.73 Å². The van der Waals surface area contributed by atoms with Crippen molar-refractivity contribution in [3.63, 3.8) is 0 Å². The predicted octanol–water partition coefficient (Wildman–Crippen LogP) is 6.82. The number of benzene rings is 3. The molecular weight excluding hydrogens is 612 g/mol. The van der Waals surface area contributed by atoms with E-state index in [0.29, 0.717) is 42.2 Å². The third kappa shape index (κ3) is 5.41. The average molecular weight is 635 g/mol. The summed E-state index contributed by atoms with van der Waals surface area (Å²) in [5, 5.41) is 5.24. The number of amides is 1. The maximum atomic E-state index is 14.0. The molecule has 4 heterocycles. The first-order valence-corrected chi connectivity index (χ1v) is 15.7. The zero-order valence-corrected chi connectivity index (χ0v) is 25.6. The van der Waals surface area contributed by atoms with E-state index in [4.69, 9.17) is 21.0 Å². The Morgan fingerprint density at radius 3 is 2.61 bits per heavy atom. The van der Waals surface area contributed by atoms with Crippen LogP contribution in [0.3, 0.4) is 0 Å². The maximum Gasteiger partial charge on any atom is 0.271 e. The molecule has 44 heavy (non-hydrogen) atoms. The maximum absolute atomic E-state index is 14.0. The number of furan rings is 1. The fraction of sp³-hybridized carbons (Fsp3) is 0.0588. The number of rotatable bonds is 6. The van der Waals surface area contributed by atoms with Crippen LogP contribution >= 0.6 is 34.7 Å². The summed E-state index contributed by atoms with van der Waals surface area (Å²) >= 11 is 8.92. The average Bonchev–Trinajstić information content (AvgIpc) is 3.60. The molecule has 0 saturated heterocycles. The first-order chi connectivity index (χ1) is 21.4. The zero-order valence-electron chi connectivity index (χ0n) is 23.2. The first-order valence-electron chi connectivity index (χ1n) is 13.7. The summed E-state index contributed by atoms with van der Waals surface area (Å²) in [7, 11) is 0. The van der Waals surface area contributed by atoms with Gasteiger partial charge in [-0.2, -0.15) is 0 Å². The molecule has 0 fully saturated rings. The number of halogens is 1. The van der Waals surface area contributed by atoms with Crippen LogP contribution in [-0.4, -0.2) is 15.5 Å². The van der Waals surface area contributed by atoms with Gasteiger partial charge in [0.1, 0.15) is 5.76 Å². The number of fused-ring (bicyclic) bond motifs is 2. The van der Waals surface area contributed by atoms with Gasteiger partial charge in [-0.05, 0) is 72.8 Å². The molecule has 3 aromatic heterocycles. The molecule has 1 aliphatic rings. The lowest BCUT2D eigenvalue weighted by atomic mass is 9.95. The number of thiazole rings is 1. The van der Waals surface area contributed by atoms with Crippen LogP contribution in [0.2, 0.25) is 5.02 Å². The second kappa shape index (κ2) is 11.8. The van der Waals surface area contributed by atoms with E-state index in [1.54, 1.807) is 35.9 Å². The van der Waals surface area contributed by atoms with Gasteiger partial charge in [0.2, 0.25) is 0 Å². The predicted molar refractivity (Wildman–Crippen MR) is 175 cm³/mol. The fourth-order valence-electron chi connectivity index (χ4n) is 5.16. The number of anilines is 1. The van der Waals surface area contributed by atoms with Crippen molar-refractivity contribution in [3.05, 3.63) is 151 Å². The molecule has 10 heteroatoms. The van der Waals surface area contributed by atoms with Gasteiger partial charge in [0.05, 0.1) is 27.4 Å². The monoisotopic (exact) mass is 634 g/mol. The van der Waals surface area contributed by atoms with Crippen molar-refractivity contribution in [2.75, 3.05) is 5.32 Å². The van der Waals surface area contributed by atoms with Crippen molar-refractivity contribution in [2.24, 2.45) is 4.99 Å². The molecule has 0 saturated carbocycles. The normalized spacial score (nSPS) is 14.9. The fourth-order valence-corrected chi connectivity index (χ4v) is 7.21. The Kier molecular flexibility index (Phi) is 7.51. The lowest BCUT2D eigenvalue weighted by Crippen LogP contribution is -2.40. The van der Waals surface area contributed by atoms with Crippen LogP contribution in [0.15, 0.2) is 139 Å². The molecule has 1 amide bonds. The van der Waals surface area contributed by atoms with Gasteiger partial charge in [-0.15, -0.1) is 0 Å². The number of allylic oxidation sites excluding steroid dienone is 1. The Morgan fingerprint density at radius 1 is 1.00 bits per heavy atom. The molecule has 0 unspecified atom stereocenters. The van der Waals surface area contributed by atoms with Gasteiger partial charge in [-0.25, -0.2) is 4.99 Å². The number of hydrogen-bond acceptors (Lipinski definition) is 7. The molecule has 1 N–H and O–H groups in total. The molecule has 7 nitrogen and oxygen atoms in total. The Labute approximate surface area is 264 Å². The number of nitrogens with one attached hydrogen (secondary N) is 1. The quantitative estimate of drug-likeness (QED) is 0.217. The molecule has 3 aromatic carbocycles. The molecule has 6 aromatic rings. The third-order valence-electron chi connectivity index (χ3n) is 7.17. The van der Waals surface area contributed by atoms with Gasteiger partial charge in [0.15, 0.2) is 9.89 Å². The lowest BCUT2D eigenvalue weighted by Gasteiger charge is -2.25. The van der Waals surface area contributed by atoms with Crippen LogP contribution in [0.25, 0.3) is 17.0 Å². The third-order valence-corrected chi connectivity index (χ3v) is 9.37. The van der Waals surface area contributed by atoms with Crippen molar-refractivity contribution in [1.29, 1.82) is 0 Å². The minimum Gasteiger partial charge on any atom is -0.450 e. The van der Waals surface area contributed by atoms with Crippen molar-refractivity contribution < 1.29 is 9.21 Å². The topological polar surface area (TPSA) is 89.5 Å². The highest BCUT2D eigenvalue weighted by molar-refractivity contribution is 7.99. The number of hydrogen-bond donors (Lipinski definition) is 1. The second-order valence-electron chi connectivity index (χ2n) is 10.0. The SMILES string of the molecule is CC1=C(C(=O)Nc2ccccc2)[C@H](c2ccc(Cl)cc2)n2c(s/c(=C\c3ccc(Sc4cccc5cccnc45)o3)c2=O)=N1. The number of carbonyl (C=O) groups excluding carboxylic acids is 1. The van der Waals surface area contributed by atoms with Crippen LogP contribution in [-0.2, 0) is 4.79 Å². The lowest BCUT2D eigenvalue weighted by molar-refractivity contribution is -0.113. The molecule has 1 atom stereocenters. The molecule has 0 aliphatic carbocycles. The summed E-state index contributed by atoms with van der Waals surface area (Å²) in [5.74, 6) is 0.203. The van der Waals surface area contributed by atoms with Crippen LogP contribution < -0.4 is 20.2 Å². The number of pyridine rings is 1. The van der Waals surface area contributed by atoms with E-state index in [-0.39, 0.29) is 11.5 Å². The first kappa shape index (κ1) is 28.1. The summed E-state index contributed by atoms with van der Waals surface area (Å²) in [6.07, 6.45) is 3.49. The minimum atomic E-state index is -0.698. The van der Waals surface area contributed by atoms with E-state index in [1.807, 2.05) is 84.9 Å². The Hall–Kier alpha value is -4.70. The molecule has 216 valence electrons. The Morgan fingerprint density at radius 2 is 1.80 bits per heavy atom.